The highest BCUT2D eigenvalue weighted by Crippen LogP contribution is 2.11. The summed E-state index contributed by atoms with van der Waals surface area (Å²) in [5.41, 5.74) is 0. The zero-order valence-corrected chi connectivity index (χ0v) is 3.39. The molecule has 0 atom stereocenters. The molecule has 0 saturated carbocycles. The third-order valence-corrected chi connectivity index (χ3v) is 0. The average Bonchev–Trinajstić information content (AvgIpc) is 0.811. The van der Waals surface area contributed by atoms with Crippen LogP contribution in [0, 0.1) is 0 Å². The molecular weight excluding hydrogens is 93.0 g/mol. The second-order valence-electron chi connectivity index (χ2n) is 0.268. The van der Waals surface area contributed by atoms with E-state index in [-0.39, 0.29) is 7.58 Å². The third-order valence-electron chi connectivity index (χ3n) is 0. The lowest BCUT2D eigenvalue weighted by atomic mass is 14.0. The largest absolute Gasteiger partial charge is 0.344 e. The van der Waals surface area contributed by atoms with Gasteiger partial charge in [0.1, 0.15) is 0 Å². The van der Waals surface area contributed by atoms with Crippen molar-refractivity contribution in [2.75, 3.05) is 0 Å². The van der Waals surface area contributed by atoms with E-state index in [4.69, 9.17) is 14.7 Å². The first-order chi connectivity index (χ1) is 1.73. The van der Waals surface area contributed by atoms with Gasteiger partial charge in [-0.2, -0.15) is 0 Å². The van der Waals surface area contributed by atoms with E-state index in [2.05, 4.69) is 0 Å². The average molecular weight is 101 g/mol. The van der Waals surface area contributed by atoms with Gasteiger partial charge in [0.2, 0.25) is 0 Å². The van der Waals surface area contributed by atoms with Crippen molar-refractivity contribution >= 4 is 8.60 Å². The first-order valence-corrected chi connectivity index (χ1v) is 1.80. The smallest absolute Gasteiger partial charge is 0.324 e. The lowest BCUT2D eigenvalue weighted by molar-refractivity contribution is 0.368. The van der Waals surface area contributed by atoms with E-state index in [1.807, 2.05) is 0 Å². The Balaban J connectivity index is -0.0000000450. The molecule has 36 valence electrons. The van der Waals surface area contributed by atoms with Crippen molar-refractivity contribution < 1.29 is 16.1 Å². The summed E-state index contributed by atoms with van der Waals surface area (Å²) in [4.78, 5) is 21.7. The van der Waals surface area contributed by atoms with Gasteiger partial charge in [-0.05, 0) is 0 Å². The standard InChI is InChI=1S/H3N.H3O3P.H2/c;1-4(2)3;/h1H3;1-3H;1H. The predicted octanol–water partition coefficient (Wildman–Crippen LogP) is -0.402. The molecule has 0 rings (SSSR count). The highest BCUT2D eigenvalue weighted by atomic mass is 31.2. The van der Waals surface area contributed by atoms with Crippen LogP contribution >= 0.6 is 8.60 Å². The van der Waals surface area contributed by atoms with Crippen LogP contribution in [0.3, 0.4) is 0 Å². The van der Waals surface area contributed by atoms with Crippen LogP contribution in [0.15, 0.2) is 0 Å². The van der Waals surface area contributed by atoms with Crippen molar-refractivity contribution in [3.63, 3.8) is 0 Å². The van der Waals surface area contributed by atoms with Gasteiger partial charge in [0.05, 0.1) is 0 Å². The first kappa shape index (κ1) is 8.99. The Morgan fingerprint density at radius 3 is 1.20 bits per heavy atom. The van der Waals surface area contributed by atoms with Crippen LogP contribution in [0.5, 0.6) is 0 Å². The second-order valence-corrected chi connectivity index (χ2v) is 0.805. The van der Waals surface area contributed by atoms with Gasteiger partial charge in [0.25, 0.3) is 0 Å². The minimum Gasteiger partial charge on any atom is -0.344 e. The molecule has 0 bridgehead atoms. The van der Waals surface area contributed by atoms with Crippen LogP contribution in [0.1, 0.15) is 1.43 Å². The monoisotopic (exact) mass is 101 g/mol. The Bertz CT molecular complexity index is 15.5. The van der Waals surface area contributed by atoms with E-state index >= 15 is 0 Å². The first-order valence-electron chi connectivity index (χ1n) is 0.600. The molecule has 6 N–H and O–H groups in total. The van der Waals surface area contributed by atoms with Crippen molar-refractivity contribution in [2.24, 2.45) is 0 Å². The quantitative estimate of drug-likeness (QED) is 0.312. The lowest BCUT2D eigenvalue weighted by Gasteiger charge is -1.76. The molecule has 0 aromatic carbocycles. The Hall–Kier alpha value is 0.270. The molecule has 5 heteroatoms. The van der Waals surface area contributed by atoms with Crippen molar-refractivity contribution in [3.8, 4) is 0 Å². The van der Waals surface area contributed by atoms with Gasteiger partial charge >= 0.3 is 8.60 Å². The van der Waals surface area contributed by atoms with E-state index in [1.165, 1.54) is 0 Å². The number of rotatable bonds is 0. The van der Waals surface area contributed by atoms with Gasteiger partial charge < -0.3 is 20.8 Å². The molecule has 0 aliphatic heterocycles. The molecule has 0 heterocycles. The SMILES string of the molecule is N.OP(O)O.[HH]. The van der Waals surface area contributed by atoms with Crippen molar-refractivity contribution in [2.45, 2.75) is 0 Å². The lowest BCUT2D eigenvalue weighted by Crippen LogP contribution is -1.54. The molecule has 0 aliphatic rings. The van der Waals surface area contributed by atoms with E-state index in [9.17, 15) is 0 Å². The molecule has 0 aromatic heterocycles. The maximum Gasteiger partial charge on any atom is 0.324 e. The van der Waals surface area contributed by atoms with Gasteiger partial charge in [-0.3, -0.25) is 0 Å². The molecule has 0 radical (unpaired) electrons. The zero-order valence-electron chi connectivity index (χ0n) is 2.50. The minimum absolute atomic E-state index is 0. The van der Waals surface area contributed by atoms with Crippen LogP contribution < -0.4 is 6.15 Å². The van der Waals surface area contributed by atoms with Crippen LogP contribution in [0.2, 0.25) is 0 Å². The molecule has 0 amide bonds. The highest BCUT2D eigenvalue weighted by molar-refractivity contribution is 7.38. The summed E-state index contributed by atoms with van der Waals surface area (Å²) in [7, 11) is -2.62. The van der Waals surface area contributed by atoms with E-state index in [0.717, 1.165) is 0 Å². The third kappa shape index (κ3) is 302. The van der Waals surface area contributed by atoms with E-state index in [0.29, 0.717) is 0 Å². The molecule has 4 nitrogen and oxygen atoms in total. The number of hydrogen-bond donors (Lipinski definition) is 4. The molecule has 0 spiro atoms. The fraction of sp³-hybridized carbons (Fsp3) is 0. The summed E-state index contributed by atoms with van der Waals surface area (Å²) >= 11 is 0. The Labute approximate surface area is 32.1 Å². The maximum absolute atomic E-state index is 7.23. The van der Waals surface area contributed by atoms with Gasteiger partial charge in [-0.25, -0.2) is 0 Å². The molecule has 0 saturated heterocycles. The number of hydrogen-bond acceptors (Lipinski definition) is 4. The molecular formula is H8NO3P. The summed E-state index contributed by atoms with van der Waals surface area (Å²) < 4.78 is 0. The van der Waals surface area contributed by atoms with Crippen molar-refractivity contribution in [1.82, 2.24) is 6.15 Å². The van der Waals surface area contributed by atoms with Crippen LogP contribution in [0.4, 0.5) is 0 Å². The fourth-order valence-corrected chi connectivity index (χ4v) is 0. The van der Waals surface area contributed by atoms with Crippen LogP contribution in [0.25, 0.3) is 0 Å². The summed E-state index contributed by atoms with van der Waals surface area (Å²) in [6.45, 7) is 0. The predicted molar refractivity (Wildman–Crippen MR) is 20.7 cm³/mol. The Morgan fingerprint density at radius 1 is 1.20 bits per heavy atom. The Kier molecular flexibility index (Phi) is 7.67. The van der Waals surface area contributed by atoms with Crippen molar-refractivity contribution in [1.29, 1.82) is 0 Å². The Morgan fingerprint density at radius 2 is 1.20 bits per heavy atom. The summed E-state index contributed by atoms with van der Waals surface area (Å²) in [6, 6.07) is 0. The van der Waals surface area contributed by atoms with Gasteiger partial charge in [0, 0.05) is 1.43 Å². The normalized spacial score (nSPS) is 7.20. The molecule has 0 unspecified atom stereocenters. The van der Waals surface area contributed by atoms with Gasteiger partial charge in [-0.15, -0.1) is 0 Å². The fourth-order valence-electron chi connectivity index (χ4n) is 0. The molecule has 0 aliphatic carbocycles. The molecule has 0 aromatic rings. The maximum atomic E-state index is 7.23. The highest BCUT2D eigenvalue weighted by Gasteiger charge is 1.76. The zero-order chi connectivity index (χ0) is 3.58. The van der Waals surface area contributed by atoms with Crippen LogP contribution in [-0.4, -0.2) is 14.7 Å². The van der Waals surface area contributed by atoms with Gasteiger partial charge in [-0.1, -0.05) is 0 Å². The van der Waals surface area contributed by atoms with Gasteiger partial charge in [0.15, 0.2) is 0 Å². The molecule has 5 heavy (non-hydrogen) atoms. The van der Waals surface area contributed by atoms with E-state index in [1.54, 1.807) is 0 Å². The van der Waals surface area contributed by atoms with E-state index < -0.39 is 8.60 Å². The molecule has 0 fully saturated rings. The summed E-state index contributed by atoms with van der Waals surface area (Å²) in [5.74, 6) is 0. The topological polar surface area (TPSA) is 95.7 Å². The summed E-state index contributed by atoms with van der Waals surface area (Å²) in [5, 5.41) is 0. The second kappa shape index (κ2) is 4.27. The van der Waals surface area contributed by atoms with Crippen molar-refractivity contribution in [3.05, 3.63) is 0 Å². The van der Waals surface area contributed by atoms with Crippen LogP contribution in [-0.2, 0) is 0 Å². The summed E-state index contributed by atoms with van der Waals surface area (Å²) in [6.07, 6.45) is 0. The minimum atomic E-state index is -2.62.